The Labute approximate surface area is 124 Å². The molecule has 2 aliphatic rings. The number of nitrogens with zero attached hydrogens (tertiary/aromatic N) is 4. The fourth-order valence-corrected chi connectivity index (χ4v) is 4.52. The Morgan fingerprint density at radius 1 is 1.57 bits per heavy atom. The van der Waals surface area contributed by atoms with Gasteiger partial charge in [0.1, 0.15) is 0 Å². The summed E-state index contributed by atoms with van der Waals surface area (Å²) in [5, 5.41) is 13.2. The fourth-order valence-electron chi connectivity index (χ4n) is 2.57. The minimum absolute atomic E-state index is 0.0732. The van der Waals surface area contributed by atoms with Crippen molar-refractivity contribution >= 4 is 10.0 Å². The average molecular weight is 310 g/mol. The van der Waals surface area contributed by atoms with Crippen LogP contribution < -0.4 is 0 Å². The van der Waals surface area contributed by atoms with Gasteiger partial charge >= 0.3 is 0 Å². The fraction of sp³-hybridized carbons (Fsp3) is 0.692. The van der Waals surface area contributed by atoms with E-state index in [1.54, 1.807) is 10.9 Å². The Kier molecular flexibility index (Phi) is 3.51. The summed E-state index contributed by atoms with van der Waals surface area (Å²) in [5.74, 6) is -0.0732. The Bertz CT molecular complexity index is 672. The van der Waals surface area contributed by atoms with Crippen LogP contribution in [0.5, 0.6) is 0 Å². The van der Waals surface area contributed by atoms with Crippen LogP contribution in [0.25, 0.3) is 0 Å². The van der Waals surface area contributed by atoms with E-state index in [1.165, 1.54) is 4.31 Å². The first-order chi connectivity index (χ1) is 9.94. The van der Waals surface area contributed by atoms with E-state index in [4.69, 9.17) is 10.00 Å². The zero-order chi connectivity index (χ0) is 15.1. The van der Waals surface area contributed by atoms with Gasteiger partial charge in [-0.1, -0.05) is 0 Å². The van der Waals surface area contributed by atoms with E-state index >= 15 is 0 Å². The van der Waals surface area contributed by atoms with Crippen molar-refractivity contribution in [1.29, 1.82) is 5.26 Å². The maximum Gasteiger partial charge on any atom is 0.215 e. The standard InChI is InChI=1S/C13H18N4O3S/c1-16-7-11(6-15-16)12-8-17(4-5-20-12)21(18,19)10-13(9-14)2-3-13/h6-7,12H,2-5,8,10H2,1H3/t12-/m0/s1. The van der Waals surface area contributed by atoms with Crippen LogP contribution in [0, 0.1) is 16.7 Å². The molecule has 0 amide bonds. The lowest BCUT2D eigenvalue weighted by molar-refractivity contribution is -0.00266. The molecule has 2 heterocycles. The molecule has 7 nitrogen and oxygen atoms in total. The number of rotatable bonds is 4. The smallest absolute Gasteiger partial charge is 0.215 e. The molecule has 0 aromatic carbocycles. The largest absolute Gasteiger partial charge is 0.371 e. The van der Waals surface area contributed by atoms with Crippen LogP contribution in [0.3, 0.4) is 0 Å². The molecule has 0 unspecified atom stereocenters. The third-order valence-corrected chi connectivity index (χ3v) is 6.10. The molecule has 114 valence electrons. The van der Waals surface area contributed by atoms with Crippen molar-refractivity contribution in [3.05, 3.63) is 18.0 Å². The second-order valence-corrected chi connectivity index (χ2v) is 7.78. The van der Waals surface area contributed by atoms with Crippen molar-refractivity contribution in [3.8, 4) is 6.07 Å². The Balaban J connectivity index is 1.72. The first-order valence-electron chi connectivity index (χ1n) is 6.93. The molecule has 0 bridgehead atoms. The van der Waals surface area contributed by atoms with Gasteiger partial charge in [0.2, 0.25) is 10.0 Å². The zero-order valence-corrected chi connectivity index (χ0v) is 12.7. The number of aryl methyl sites for hydroxylation is 1. The lowest BCUT2D eigenvalue weighted by Crippen LogP contribution is -2.44. The topological polar surface area (TPSA) is 88.2 Å². The summed E-state index contributed by atoms with van der Waals surface area (Å²) in [5.41, 5.74) is 0.222. The Morgan fingerprint density at radius 3 is 2.90 bits per heavy atom. The average Bonchev–Trinajstić information content (AvgIpc) is 3.09. The van der Waals surface area contributed by atoms with E-state index in [2.05, 4.69) is 11.2 Å². The maximum atomic E-state index is 12.5. The highest BCUT2D eigenvalue weighted by molar-refractivity contribution is 7.89. The van der Waals surface area contributed by atoms with Crippen LogP contribution in [0.15, 0.2) is 12.4 Å². The molecule has 2 fully saturated rings. The minimum atomic E-state index is -3.42. The van der Waals surface area contributed by atoms with Crippen molar-refractivity contribution in [2.75, 3.05) is 25.4 Å². The van der Waals surface area contributed by atoms with E-state index in [0.29, 0.717) is 26.0 Å². The van der Waals surface area contributed by atoms with Gasteiger partial charge < -0.3 is 4.74 Å². The normalized spacial score (nSPS) is 25.4. The van der Waals surface area contributed by atoms with Gasteiger partial charge in [0, 0.05) is 31.9 Å². The monoisotopic (exact) mass is 310 g/mol. The van der Waals surface area contributed by atoms with Crippen LogP contribution in [-0.2, 0) is 21.8 Å². The molecule has 3 rings (SSSR count). The number of hydrogen-bond donors (Lipinski definition) is 0. The van der Waals surface area contributed by atoms with E-state index in [9.17, 15) is 8.42 Å². The lowest BCUT2D eigenvalue weighted by Gasteiger charge is -2.32. The second kappa shape index (κ2) is 5.09. The number of aromatic nitrogens is 2. The molecule has 1 aliphatic carbocycles. The van der Waals surface area contributed by atoms with Gasteiger partial charge in [-0.2, -0.15) is 14.7 Å². The SMILES string of the molecule is Cn1cc([C@@H]2CN(S(=O)(=O)CC3(C#N)CC3)CCO2)cn1. The number of nitriles is 1. The first kappa shape index (κ1) is 14.5. The highest BCUT2D eigenvalue weighted by atomic mass is 32.2. The molecular formula is C13H18N4O3S. The van der Waals surface area contributed by atoms with Gasteiger partial charge in [-0.15, -0.1) is 0 Å². The van der Waals surface area contributed by atoms with Crippen molar-refractivity contribution < 1.29 is 13.2 Å². The molecule has 1 aliphatic heterocycles. The second-order valence-electron chi connectivity index (χ2n) is 5.81. The molecule has 1 aromatic rings. The summed E-state index contributed by atoms with van der Waals surface area (Å²) in [6.07, 6.45) is 4.59. The van der Waals surface area contributed by atoms with Gasteiger partial charge in [-0.25, -0.2) is 8.42 Å². The van der Waals surface area contributed by atoms with Crippen LogP contribution >= 0.6 is 0 Å². The van der Waals surface area contributed by atoms with Crippen LogP contribution in [0.2, 0.25) is 0 Å². The molecule has 21 heavy (non-hydrogen) atoms. The van der Waals surface area contributed by atoms with Crippen molar-refractivity contribution in [3.63, 3.8) is 0 Å². The maximum absolute atomic E-state index is 12.5. The predicted molar refractivity (Wildman–Crippen MR) is 74.5 cm³/mol. The third-order valence-electron chi connectivity index (χ3n) is 4.07. The van der Waals surface area contributed by atoms with Gasteiger partial charge in [0.05, 0.1) is 36.1 Å². The number of ether oxygens (including phenoxy) is 1. The van der Waals surface area contributed by atoms with Gasteiger partial charge in [-0.05, 0) is 12.8 Å². The molecule has 1 aromatic heterocycles. The Hall–Kier alpha value is -1.43. The number of morpholine rings is 1. The van der Waals surface area contributed by atoms with E-state index in [0.717, 1.165) is 5.56 Å². The number of hydrogen-bond acceptors (Lipinski definition) is 5. The summed E-state index contributed by atoms with van der Waals surface area (Å²) in [7, 11) is -1.61. The van der Waals surface area contributed by atoms with E-state index in [1.807, 2.05) is 13.2 Å². The van der Waals surface area contributed by atoms with Crippen molar-refractivity contribution in [2.24, 2.45) is 12.5 Å². The molecule has 0 spiro atoms. The molecular weight excluding hydrogens is 292 g/mol. The molecule has 8 heteroatoms. The Morgan fingerprint density at radius 2 is 2.33 bits per heavy atom. The molecule has 1 atom stereocenters. The lowest BCUT2D eigenvalue weighted by atomic mass is 10.2. The molecule has 1 saturated carbocycles. The summed E-state index contributed by atoms with van der Waals surface area (Å²) < 4.78 is 33.7. The molecule has 0 N–H and O–H groups in total. The van der Waals surface area contributed by atoms with Gasteiger partial charge in [0.15, 0.2) is 0 Å². The summed E-state index contributed by atoms with van der Waals surface area (Å²) in [4.78, 5) is 0. The number of sulfonamides is 1. The predicted octanol–water partition coefficient (Wildman–Crippen LogP) is 0.427. The van der Waals surface area contributed by atoms with Crippen molar-refractivity contribution in [2.45, 2.75) is 18.9 Å². The molecule has 0 radical (unpaired) electrons. The molecule has 1 saturated heterocycles. The highest BCUT2D eigenvalue weighted by Gasteiger charge is 2.48. The quantitative estimate of drug-likeness (QED) is 0.804. The van der Waals surface area contributed by atoms with E-state index in [-0.39, 0.29) is 18.4 Å². The highest BCUT2D eigenvalue weighted by Crippen LogP contribution is 2.46. The van der Waals surface area contributed by atoms with Gasteiger partial charge in [0.25, 0.3) is 0 Å². The summed E-state index contributed by atoms with van der Waals surface area (Å²) in [6, 6.07) is 2.14. The van der Waals surface area contributed by atoms with Gasteiger partial charge in [-0.3, -0.25) is 4.68 Å². The summed E-state index contributed by atoms with van der Waals surface area (Å²) >= 11 is 0. The summed E-state index contributed by atoms with van der Waals surface area (Å²) in [6.45, 7) is 0.995. The van der Waals surface area contributed by atoms with Crippen molar-refractivity contribution in [1.82, 2.24) is 14.1 Å². The first-order valence-corrected chi connectivity index (χ1v) is 8.54. The third kappa shape index (κ3) is 2.95. The van der Waals surface area contributed by atoms with Crippen LogP contribution in [0.1, 0.15) is 24.5 Å². The van der Waals surface area contributed by atoms with Crippen LogP contribution in [0.4, 0.5) is 0 Å². The van der Waals surface area contributed by atoms with Crippen LogP contribution in [-0.4, -0.2) is 48.0 Å². The minimum Gasteiger partial charge on any atom is -0.371 e. The van der Waals surface area contributed by atoms with E-state index < -0.39 is 15.4 Å². The zero-order valence-electron chi connectivity index (χ0n) is 11.9.